The van der Waals surface area contributed by atoms with E-state index in [0.29, 0.717) is 55.8 Å². The van der Waals surface area contributed by atoms with E-state index in [1.165, 1.54) is 0 Å². The van der Waals surface area contributed by atoms with Gasteiger partial charge >= 0.3 is 0 Å². The van der Waals surface area contributed by atoms with Crippen molar-refractivity contribution in [2.45, 2.75) is 44.7 Å². The van der Waals surface area contributed by atoms with Gasteiger partial charge in [0, 0.05) is 32.0 Å². The number of ether oxygens (including phenoxy) is 1. The summed E-state index contributed by atoms with van der Waals surface area (Å²) in [4.78, 5) is 8.15. The van der Waals surface area contributed by atoms with Gasteiger partial charge in [0.1, 0.15) is 34.5 Å². The normalized spacial score (nSPS) is 12.0. The van der Waals surface area contributed by atoms with E-state index in [4.69, 9.17) is 10.5 Å². The second-order valence-corrected chi connectivity index (χ2v) is 8.76. The maximum absolute atomic E-state index is 13.8. The molecule has 8 nitrogen and oxygen atoms in total. The fourth-order valence-electron chi connectivity index (χ4n) is 3.28. The van der Waals surface area contributed by atoms with Crippen LogP contribution in [-0.4, -0.2) is 36.1 Å². The number of halogens is 2. The molecule has 0 unspecified atom stereocenters. The lowest BCUT2D eigenvalue weighted by molar-refractivity contribution is 0.126. The summed E-state index contributed by atoms with van der Waals surface area (Å²) in [5.74, 6) is -0.905. The molecule has 3 rings (SSSR count). The predicted molar refractivity (Wildman–Crippen MR) is 113 cm³/mol. The zero-order chi connectivity index (χ0) is 22.6. The summed E-state index contributed by atoms with van der Waals surface area (Å²) in [6, 6.07) is 2.36. The van der Waals surface area contributed by atoms with Crippen LogP contribution in [0.1, 0.15) is 31.2 Å². The molecule has 0 aliphatic carbocycles. The third kappa shape index (κ3) is 5.17. The molecular formula is C20H25F2N5O3S. The van der Waals surface area contributed by atoms with E-state index in [0.717, 1.165) is 23.2 Å². The van der Waals surface area contributed by atoms with Crippen LogP contribution in [0.4, 0.5) is 14.6 Å². The summed E-state index contributed by atoms with van der Waals surface area (Å²) in [7, 11) is -4.06. The van der Waals surface area contributed by atoms with Crippen LogP contribution in [0.3, 0.4) is 0 Å². The van der Waals surface area contributed by atoms with Crippen molar-refractivity contribution in [3.8, 4) is 0 Å². The SMILES string of the molecule is CCOCc1nc2c(N)ncc(C)c2n1CCCCNS(=O)(=O)c1ccc(F)cc1F. The van der Waals surface area contributed by atoms with E-state index in [9.17, 15) is 17.2 Å². The number of hydrogen-bond acceptors (Lipinski definition) is 6. The number of aromatic nitrogens is 3. The van der Waals surface area contributed by atoms with Crippen LogP contribution >= 0.6 is 0 Å². The molecule has 0 radical (unpaired) electrons. The lowest BCUT2D eigenvalue weighted by Crippen LogP contribution is -2.26. The number of nitrogens with one attached hydrogen (secondary N) is 1. The van der Waals surface area contributed by atoms with Gasteiger partial charge in [0.05, 0.1) is 5.52 Å². The Labute approximate surface area is 179 Å². The second kappa shape index (κ2) is 9.67. The molecule has 2 aromatic heterocycles. The molecule has 0 aliphatic rings. The molecule has 0 bridgehead atoms. The van der Waals surface area contributed by atoms with Gasteiger partial charge in [-0.3, -0.25) is 0 Å². The van der Waals surface area contributed by atoms with Crippen LogP contribution in [0.2, 0.25) is 0 Å². The van der Waals surface area contributed by atoms with Crippen molar-refractivity contribution in [1.82, 2.24) is 19.3 Å². The first-order valence-electron chi connectivity index (χ1n) is 9.87. The molecule has 3 N–H and O–H groups in total. The molecular weight excluding hydrogens is 428 g/mol. The monoisotopic (exact) mass is 453 g/mol. The predicted octanol–water partition coefficient (Wildman–Crippen LogP) is 2.90. The Morgan fingerprint density at radius 2 is 2.03 bits per heavy atom. The second-order valence-electron chi connectivity index (χ2n) is 7.02. The van der Waals surface area contributed by atoms with Crippen molar-refractivity contribution in [2.75, 3.05) is 18.9 Å². The van der Waals surface area contributed by atoms with Gasteiger partial charge in [-0.15, -0.1) is 0 Å². The third-order valence-corrected chi connectivity index (χ3v) is 6.27. The molecule has 31 heavy (non-hydrogen) atoms. The van der Waals surface area contributed by atoms with Gasteiger partial charge < -0.3 is 15.0 Å². The van der Waals surface area contributed by atoms with Gasteiger partial charge in [-0.2, -0.15) is 0 Å². The highest BCUT2D eigenvalue weighted by atomic mass is 32.2. The van der Waals surface area contributed by atoms with Crippen LogP contribution in [-0.2, 0) is 27.9 Å². The average molecular weight is 454 g/mol. The van der Waals surface area contributed by atoms with Gasteiger partial charge in [-0.25, -0.2) is 31.9 Å². The fourth-order valence-corrected chi connectivity index (χ4v) is 4.41. The van der Waals surface area contributed by atoms with Crippen LogP contribution in [0, 0.1) is 18.6 Å². The number of nitrogens with zero attached hydrogens (tertiary/aromatic N) is 3. The number of nitrogen functional groups attached to an aromatic ring is 1. The molecule has 0 saturated heterocycles. The Hall–Kier alpha value is -2.63. The van der Waals surface area contributed by atoms with Gasteiger partial charge in [0.25, 0.3) is 0 Å². The Balaban J connectivity index is 1.67. The molecule has 0 aliphatic heterocycles. The first-order valence-corrected chi connectivity index (χ1v) is 11.4. The highest BCUT2D eigenvalue weighted by Gasteiger charge is 2.19. The van der Waals surface area contributed by atoms with E-state index >= 15 is 0 Å². The average Bonchev–Trinajstić information content (AvgIpc) is 3.08. The highest BCUT2D eigenvalue weighted by Crippen LogP contribution is 2.24. The molecule has 0 atom stereocenters. The first kappa shape index (κ1) is 23.0. The molecule has 3 aromatic rings. The zero-order valence-electron chi connectivity index (χ0n) is 17.4. The van der Waals surface area contributed by atoms with Crippen molar-refractivity contribution in [3.63, 3.8) is 0 Å². The minimum atomic E-state index is -4.06. The highest BCUT2D eigenvalue weighted by molar-refractivity contribution is 7.89. The van der Waals surface area contributed by atoms with Crippen molar-refractivity contribution in [1.29, 1.82) is 0 Å². The van der Waals surface area contributed by atoms with Crippen molar-refractivity contribution < 1.29 is 21.9 Å². The molecule has 2 heterocycles. The van der Waals surface area contributed by atoms with Gasteiger partial charge in [0.2, 0.25) is 10.0 Å². The number of unbranched alkanes of at least 4 members (excludes halogenated alkanes) is 1. The molecule has 0 amide bonds. The summed E-state index contributed by atoms with van der Waals surface area (Å²) in [6.07, 6.45) is 2.81. The minimum Gasteiger partial charge on any atom is -0.382 e. The van der Waals surface area contributed by atoms with Crippen molar-refractivity contribution in [2.24, 2.45) is 0 Å². The van der Waals surface area contributed by atoms with Gasteiger partial charge in [0.15, 0.2) is 5.82 Å². The lowest BCUT2D eigenvalue weighted by atomic mass is 10.2. The number of fused-ring (bicyclic) bond motifs is 1. The number of hydrogen-bond donors (Lipinski definition) is 2. The number of anilines is 1. The molecule has 0 spiro atoms. The fraction of sp³-hybridized carbons (Fsp3) is 0.400. The molecule has 1 aromatic carbocycles. The number of nitrogens with two attached hydrogens (primary N) is 1. The summed E-state index contributed by atoms with van der Waals surface area (Å²) in [6.45, 7) is 5.34. The molecule has 11 heteroatoms. The van der Waals surface area contributed by atoms with Crippen LogP contribution in [0.25, 0.3) is 11.0 Å². The van der Waals surface area contributed by atoms with Crippen molar-refractivity contribution >= 4 is 26.9 Å². The van der Waals surface area contributed by atoms with Crippen molar-refractivity contribution in [3.05, 3.63) is 47.4 Å². The standard InChI is InChI=1S/C20H25F2N5O3S/c1-3-30-12-17-26-18-19(13(2)11-24-20(18)23)27(17)9-5-4-8-25-31(28,29)16-7-6-14(21)10-15(16)22/h6-7,10-11,25H,3-5,8-9,12H2,1-2H3,(H2,23,24). The number of pyridine rings is 1. The summed E-state index contributed by atoms with van der Waals surface area (Å²) in [5, 5.41) is 0. The Kier molecular flexibility index (Phi) is 7.19. The number of aryl methyl sites for hydroxylation is 2. The van der Waals surface area contributed by atoms with Crippen LogP contribution in [0.5, 0.6) is 0 Å². The quantitative estimate of drug-likeness (QED) is 0.457. The smallest absolute Gasteiger partial charge is 0.243 e. The molecule has 168 valence electrons. The number of rotatable bonds is 10. The largest absolute Gasteiger partial charge is 0.382 e. The molecule has 0 saturated carbocycles. The topological polar surface area (TPSA) is 112 Å². The third-order valence-electron chi connectivity index (χ3n) is 4.78. The number of benzene rings is 1. The van der Waals surface area contributed by atoms with E-state index in [1.807, 2.05) is 18.4 Å². The summed E-state index contributed by atoms with van der Waals surface area (Å²) < 4.78 is 61.2. The Morgan fingerprint density at radius 3 is 2.74 bits per heavy atom. The van der Waals surface area contributed by atoms with E-state index in [2.05, 4.69) is 14.7 Å². The maximum atomic E-state index is 13.8. The first-order chi connectivity index (χ1) is 14.7. The maximum Gasteiger partial charge on any atom is 0.243 e. The van der Waals surface area contributed by atoms with Crippen LogP contribution < -0.4 is 10.5 Å². The van der Waals surface area contributed by atoms with Gasteiger partial charge in [-0.1, -0.05) is 0 Å². The summed E-state index contributed by atoms with van der Waals surface area (Å²) >= 11 is 0. The number of imidazole rings is 1. The van der Waals surface area contributed by atoms with Crippen LogP contribution in [0.15, 0.2) is 29.3 Å². The van der Waals surface area contributed by atoms with E-state index in [1.54, 1.807) is 6.20 Å². The minimum absolute atomic E-state index is 0.106. The molecule has 0 fully saturated rings. The Bertz CT molecular complexity index is 1180. The summed E-state index contributed by atoms with van der Waals surface area (Å²) in [5.41, 5.74) is 8.39. The number of sulfonamides is 1. The Morgan fingerprint density at radius 1 is 1.26 bits per heavy atom. The van der Waals surface area contributed by atoms with E-state index < -0.39 is 26.6 Å². The van der Waals surface area contributed by atoms with Gasteiger partial charge in [-0.05, 0) is 44.4 Å². The lowest BCUT2D eigenvalue weighted by Gasteiger charge is -2.11. The zero-order valence-corrected chi connectivity index (χ0v) is 18.2. The van der Waals surface area contributed by atoms with E-state index in [-0.39, 0.29) is 6.54 Å².